The lowest BCUT2D eigenvalue weighted by Crippen LogP contribution is -2.18. The molecule has 0 aromatic heterocycles. The van der Waals surface area contributed by atoms with Crippen molar-refractivity contribution < 1.29 is 23.2 Å². The molecule has 0 atom stereocenters. The number of benzene rings is 2. The number of rotatable bonds is 6. The number of phenolic OH excluding ortho intramolecular Hbond substituents is 1. The second-order valence-electron chi connectivity index (χ2n) is 4.65. The van der Waals surface area contributed by atoms with Crippen molar-refractivity contribution >= 4 is 33.5 Å². The molecule has 2 aromatic rings. The van der Waals surface area contributed by atoms with Crippen molar-refractivity contribution in [1.29, 1.82) is 0 Å². The predicted molar refractivity (Wildman–Crippen MR) is 90.7 cm³/mol. The average Bonchev–Trinajstić information content (AvgIpc) is 2.56. The van der Waals surface area contributed by atoms with Gasteiger partial charge in [-0.2, -0.15) is 13.5 Å². The summed E-state index contributed by atoms with van der Waals surface area (Å²) in [5.41, 5.74) is -0.443. The number of nitrogens with zero attached hydrogens (tertiary/aromatic N) is 2. The highest BCUT2D eigenvalue weighted by molar-refractivity contribution is 7.89. The highest BCUT2D eigenvalue weighted by atomic mass is 35.5. The van der Waals surface area contributed by atoms with Gasteiger partial charge in [-0.05, 0) is 30.3 Å². The molecule has 2 rings (SSSR count). The first-order valence-electron chi connectivity index (χ1n) is 6.60. The van der Waals surface area contributed by atoms with E-state index in [0.717, 1.165) is 12.3 Å². The van der Waals surface area contributed by atoms with Gasteiger partial charge in [-0.3, -0.25) is 10.1 Å². The van der Waals surface area contributed by atoms with Crippen LogP contribution in [0.3, 0.4) is 0 Å². The average molecular weight is 386 g/mol. The van der Waals surface area contributed by atoms with Crippen LogP contribution < -0.4 is 9.57 Å². The van der Waals surface area contributed by atoms with Crippen LogP contribution >= 0.6 is 11.6 Å². The summed E-state index contributed by atoms with van der Waals surface area (Å²) in [4.78, 5) is 12.0. The van der Waals surface area contributed by atoms with Gasteiger partial charge in [0.05, 0.1) is 23.1 Å². The van der Waals surface area contributed by atoms with Gasteiger partial charge in [0.15, 0.2) is 5.75 Å². The predicted octanol–water partition coefficient (Wildman–Crippen LogP) is 2.27. The Labute approximate surface area is 147 Å². The number of ether oxygens (including phenoxy) is 1. The van der Waals surface area contributed by atoms with Crippen LogP contribution in [-0.4, -0.2) is 31.8 Å². The van der Waals surface area contributed by atoms with Crippen LogP contribution in [0.5, 0.6) is 11.5 Å². The van der Waals surface area contributed by atoms with Crippen LogP contribution in [0.15, 0.2) is 46.4 Å². The molecule has 0 radical (unpaired) electrons. The maximum absolute atomic E-state index is 12.0. The molecule has 0 aliphatic heterocycles. The molecule has 0 aliphatic carbocycles. The lowest BCUT2D eigenvalue weighted by atomic mass is 10.2. The van der Waals surface area contributed by atoms with E-state index in [1.165, 1.54) is 37.4 Å². The van der Waals surface area contributed by atoms with Crippen molar-refractivity contribution in [2.75, 3.05) is 7.11 Å². The maximum atomic E-state index is 12.0. The van der Waals surface area contributed by atoms with Gasteiger partial charge in [0.1, 0.15) is 0 Å². The minimum Gasteiger partial charge on any atom is -0.500 e. The SMILES string of the molecule is COc1cc(/C=N/NS(=O)(=O)c2ccc(Cl)cc2)cc([N+](=O)[O-])c1O. The van der Waals surface area contributed by atoms with E-state index in [9.17, 15) is 23.6 Å². The molecule has 0 spiro atoms. The van der Waals surface area contributed by atoms with Crippen molar-refractivity contribution in [3.05, 3.63) is 57.1 Å². The van der Waals surface area contributed by atoms with Gasteiger partial charge >= 0.3 is 5.69 Å². The number of nitro benzene ring substituents is 1. The summed E-state index contributed by atoms with van der Waals surface area (Å²) >= 11 is 5.70. The molecular formula is C14H12ClN3O6S. The molecule has 2 aromatic carbocycles. The fraction of sp³-hybridized carbons (Fsp3) is 0.0714. The summed E-state index contributed by atoms with van der Waals surface area (Å²) in [7, 11) is -2.69. The summed E-state index contributed by atoms with van der Waals surface area (Å²) in [5, 5.41) is 24.5. The Morgan fingerprint density at radius 1 is 1.32 bits per heavy atom. The Morgan fingerprint density at radius 2 is 1.96 bits per heavy atom. The molecule has 0 saturated carbocycles. The van der Waals surface area contributed by atoms with Gasteiger partial charge in [-0.25, -0.2) is 4.83 Å². The van der Waals surface area contributed by atoms with Crippen LogP contribution in [0.1, 0.15) is 5.56 Å². The molecule has 0 fully saturated rings. The van der Waals surface area contributed by atoms with Crippen molar-refractivity contribution in [2.24, 2.45) is 5.10 Å². The van der Waals surface area contributed by atoms with Gasteiger partial charge in [-0.15, -0.1) is 0 Å². The molecule has 0 amide bonds. The smallest absolute Gasteiger partial charge is 0.315 e. The van der Waals surface area contributed by atoms with Crippen LogP contribution in [0.4, 0.5) is 5.69 Å². The summed E-state index contributed by atoms with van der Waals surface area (Å²) in [6.45, 7) is 0. The zero-order chi connectivity index (χ0) is 18.6. The molecule has 0 saturated heterocycles. The highest BCUT2D eigenvalue weighted by Gasteiger charge is 2.19. The lowest BCUT2D eigenvalue weighted by Gasteiger charge is -2.05. The number of hydrogen-bond acceptors (Lipinski definition) is 7. The fourth-order valence-electron chi connectivity index (χ4n) is 1.82. The Morgan fingerprint density at radius 3 is 2.52 bits per heavy atom. The van der Waals surface area contributed by atoms with Gasteiger partial charge in [-0.1, -0.05) is 11.6 Å². The molecule has 11 heteroatoms. The molecular weight excluding hydrogens is 374 g/mol. The number of halogens is 1. The van der Waals surface area contributed by atoms with E-state index in [-0.39, 0.29) is 16.2 Å². The Bertz CT molecular complexity index is 928. The van der Waals surface area contributed by atoms with Crippen LogP contribution in [0.25, 0.3) is 0 Å². The second-order valence-corrected chi connectivity index (χ2v) is 6.75. The number of aromatic hydroxyl groups is 1. The van der Waals surface area contributed by atoms with E-state index in [0.29, 0.717) is 5.02 Å². The van der Waals surface area contributed by atoms with Gasteiger partial charge in [0.25, 0.3) is 10.0 Å². The largest absolute Gasteiger partial charge is 0.500 e. The third kappa shape index (κ3) is 4.37. The third-order valence-corrected chi connectivity index (χ3v) is 4.49. The van der Waals surface area contributed by atoms with E-state index < -0.39 is 26.4 Å². The zero-order valence-corrected chi connectivity index (χ0v) is 14.3. The molecule has 0 unspecified atom stereocenters. The van der Waals surface area contributed by atoms with Gasteiger partial charge in [0.2, 0.25) is 5.75 Å². The summed E-state index contributed by atoms with van der Waals surface area (Å²) < 4.78 is 28.9. The van der Waals surface area contributed by atoms with E-state index >= 15 is 0 Å². The lowest BCUT2D eigenvalue weighted by molar-refractivity contribution is -0.386. The topological polar surface area (TPSA) is 131 Å². The number of nitro groups is 1. The molecule has 0 aliphatic rings. The van der Waals surface area contributed by atoms with E-state index in [2.05, 4.69) is 5.10 Å². The zero-order valence-electron chi connectivity index (χ0n) is 12.7. The van der Waals surface area contributed by atoms with Crippen molar-refractivity contribution in [3.63, 3.8) is 0 Å². The first-order valence-corrected chi connectivity index (χ1v) is 8.46. The van der Waals surface area contributed by atoms with Gasteiger partial charge < -0.3 is 9.84 Å². The summed E-state index contributed by atoms with van der Waals surface area (Å²) in [5.74, 6) is -0.775. The molecule has 25 heavy (non-hydrogen) atoms. The quantitative estimate of drug-likeness (QED) is 0.445. The minimum atomic E-state index is -3.92. The molecule has 0 heterocycles. The highest BCUT2D eigenvalue weighted by Crippen LogP contribution is 2.36. The normalized spacial score (nSPS) is 11.4. The first kappa shape index (κ1) is 18.5. The number of nitrogens with one attached hydrogen (secondary N) is 1. The second kappa shape index (κ2) is 7.36. The third-order valence-electron chi connectivity index (χ3n) is 3.00. The molecule has 132 valence electrons. The standard InChI is InChI=1S/C14H12ClN3O6S/c1-24-13-7-9(6-12(14(13)19)18(20)21)8-16-17-25(22,23)11-4-2-10(15)3-5-11/h2-8,17,19H,1H3/b16-8+. The van der Waals surface area contributed by atoms with Crippen LogP contribution in [0.2, 0.25) is 5.02 Å². The molecule has 2 N–H and O–H groups in total. The van der Waals surface area contributed by atoms with Crippen LogP contribution in [-0.2, 0) is 10.0 Å². The summed E-state index contributed by atoms with van der Waals surface area (Å²) in [6, 6.07) is 7.71. The monoisotopic (exact) mass is 385 g/mol. The number of phenols is 1. The Kier molecular flexibility index (Phi) is 5.45. The van der Waals surface area contributed by atoms with Crippen molar-refractivity contribution in [3.8, 4) is 11.5 Å². The molecule has 9 nitrogen and oxygen atoms in total. The number of hydrazone groups is 1. The number of hydrogen-bond donors (Lipinski definition) is 2. The van der Waals surface area contributed by atoms with E-state index in [1.54, 1.807) is 0 Å². The van der Waals surface area contributed by atoms with Gasteiger partial charge in [0, 0.05) is 16.7 Å². The van der Waals surface area contributed by atoms with Crippen LogP contribution in [0, 0.1) is 10.1 Å². The van der Waals surface area contributed by atoms with E-state index in [1.807, 2.05) is 4.83 Å². The summed E-state index contributed by atoms with van der Waals surface area (Å²) in [6.07, 6.45) is 1.04. The van der Waals surface area contributed by atoms with E-state index in [4.69, 9.17) is 16.3 Å². The van der Waals surface area contributed by atoms with Crippen molar-refractivity contribution in [1.82, 2.24) is 4.83 Å². The Hall–Kier alpha value is -2.85. The molecule has 0 bridgehead atoms. The Balaban J connectivity index is 2.26. The first-order chi connectivity index (χ1) is 11.7. The van der Waals surface area contributed by atoms with Crippen molar-refractivity contribution in [2.45, 2.75) is 4.90 Å². The maximum Gasteiger partial charge on any atom is 0.315 e. The minimum absolute atomic E-state index is 0.0525. The number of methoxy groups -OCH3 is 1. The number of sulfonamides is 1. The fourth-order valence-corrected chi connectivity index (χ4v) is 2.74.